The molecule has 1 aromatic heterocycles. The minimum Gasteiger partial charge on any atom is -0.250 e. The second-order valence-corrected chi connectivity index (χ2v) is 15.2. The van der Waals surface area contributed by atoms with Crippen molar-refractivity contribution in [1.29, 1.82) is 0 Å². The largest absolute Gasteiger partial charge is 0.250 e. The Morgan fingerprint density at radius 3 is 1.23 bits per heavy atom. The standard InChI is InChI=1S/C45H80N2/c1-3-5-7-9-11-13-15-17-18-19-20-21-22-24-26-28-33-37-44(41-43-35-31-30-32-36-43)45(47-40-39-46-42-47)38-34-29-27-25-23-16-14-12-10-8-6-4-2/h30-32,35-36,39-40,42,44-45H,3-29,33-34,37-38,41H2,1-2H3/p+1. The highest BCUT2D eigenvalue weighted by Gasteiger charge is 2.26. The minimum absolute atomic E-state index is 0.602. The zero-order chi connectivity index (χ0) is 33.3. The summed E-state index contributed by atoms with van der Waals surface area (Å²) < 4.78 is 2.51. The zero-order valence-corrected chi connectivity index (χ0v) is 31.8. The van der Waals surface area contributed by atoms with E-state index < -0.39 is 0 Å². The van der Waals surface area contributed by atoms with Crippen molar-refractivity contribution < 1.29 is 4.57 Å². The lowest BCUT2D eigenvalue weighted by atomic mass is 9.84. The number of H-pyrrole nitrogens is 1. The second-order valence-electron chi connectivity index (χ2n) is 15.2. The van der Waals surface area contributed by atoms with Gasteiger partial charge in [0.1, 0.15) is 18.4 Å². The Morgan fingerprint density at radius 1 is 0.468 bits per heavy atom. The second kappa shape index (κ2) is 31.7. The van der Waals surface area contributed by atoms with Crippen LogP contribution in [0.1, 0.15) is 224 Å². The molecule has 0 fully saturated rings. The molecule has 2 atom stereocenters. The Kier molecular flexibility index (Phi) is 28.0. The number of aromatic nitrogens is 2. The smallest absolute Gasteiger partial charge is 0.241 e. The van der Waals surface area contributed by atoms with Gasteiger partial charge >= 0.3 is 0 Å². The Balaban J connectivity index is 1.62. The summed E-state index contributed by atoms with van der Waals surface area (Å²) in [6.07, 6.45) is 52.2. The van der Waals surface area contributed by atoms with Crippen LogP contribution in [0.25, 0.3) is 0 Å². The van der Waals surface area contributed by atoms with Gasteiger partial charge in [0.15, 0.2) is 0 Å². The summed E-state index contributed by atoms with van der Waals surface area (Å²) in [5.41, 5.74) is 1.51. The molecule has 47 heavy (non-hydrogen) atoms. The van der Waals surface area contributed by atoms with Gasteiger partial charge in [-0.3, -0.25) is 4.98 Å². The van der Waals surface area contributed by atoms with E-state index in [1.807, 2.05) is 0 Å². The Labute approximate surface area is 294 Å². The predicted octanol–water partition coefficient (Wildman–Crippen LogP) is 14.8. The first-order valence-corrected chi connectivity index (χ1v) is 21.4. The third-order valence-electron chi connectivity index (χ3n) is 10.9. The maximum absolute atomic E-state index is 3.36. The number of aromatic amines is 1. The van der Waals surface area contributed by atoms with E-state index in [-0.39, 0.29) is 0 Å². The Bertz CT molecular complexity index is 859. The van der Waals surface area contributed by atoms with Crippen molar-refractivity contribution in [3.8, 4) is 0 Å². The fourth-order valence-electron chi connectivity index (χ4n) is 7.81. The van der Waals surface area contributed by atoms with Crippen molar-refractivity contribution >= 4 is 0 Å². The van der Waals surface area contributed by atoms with Gasteiger partial charge in [-0.2, -0.15) is 0 Å². The molecule has 0 aliphatic heterocycles. The Morgan fingerprint density at radius 2 is 0.851 bits per heavy atom. The summed E-state index contributed by atoms with van der Waals surface area (Å²) in [6.45, 7) is 4.62. The number of rotatable bonds is 35. The van der Waals surface area contributed by atoms with Crippen LogP contribution in [-0.2, 0) is 6.42 Å². The van der Waals surface area contributed by atoms with Gasteiger partial charge in [0, 0.05) is 5.92 Å². The van der Waals surface area contributed by atoms with E-state index in [9.17, 15) is 0 Å². The zero-order valence-electron chi connectivity index (χ0n) is 31.8. The maximum Gasteiger partial charge on any atom is 0.241 e. The molecule has 2 nitrogen and oxygen atoms in total. The van der Waals surface area contributed by atoms with Crippen LogP contribution in [0.15, 0.2) is 49.1 Å². The van der Waals surface area contributed by atoms with Crippen LogP contribution in [0.5, 0.6) is 0 Å². The van der Waals surface area contributed by atoms with Crippen molar-refractivity contribution in [2.75, 3.05) is 0 Å². The first-order valence-electron chi connectivity index (χ1n) is 21.4. The molecular formula is C45H81N2+. The highest BCUT2D eigenvalue weighted by molar-refractivity contribution is 5.15. The average Bonchev–Trinajstić information content (AvgIpc) is 3.63. The van der Waals surface area contributed by atoms with E-state index in [4.69, 9.17) is 0 Å². The van der Waals surface area contributed by atoms with E-state index in [1.54, 1.807) is 0 Å². The number of hydrogen-bond acceptors (Lipinski definition) is 0. The number of unbranched alkanes of at least 4 members (excludes halogenated alkanes) is 27. The first kappa shape index (κ1) is 41.6. The van der Waals surface area contributed by atoms with Crippen LogP contribution in [-0.4, -0.2) is 4.98 Å². The molecule has 1 N–H and O–H groups in total. The predicted molar refractivity (Wildman–Crippen MR) is 208 cm³/mol. The summed E-state index contributed by atoms with van der Waals surface area (Å²) in [5.74, 6) is 0.710. The van der Waals surface area contributed by atoms with Gasteiger partial charge in [-0.15, -0.1) is 0 Å². The number of imidazole rings is 1. The highest BCUT2D eigenvalue weighted by atomic mass is 15.1. The van der Waals surface area contributed by atoms with Crippen molar-refractivity contribution in [2.24, 2.45) is 5.92 Å². The third-order valence-corrected chi connectivity index (χ3v) is 10.9. The summed E-state index contributed by atoms with van der Waals surface area (Å²) in [5, 5.41) is 0. The number of benzene rings is 1. The van der Waals surface area contributed by atoms with Crippen LogP contribution >= 0.6 is 0 Å². The molecule has 0 radical (unpaired) electrons. The molecule has 2 aromatic rings. The SMILES string of the molecule is CCCCCCCCCCCCCCCCCCCC(Cc1ccccc1)C(CCCCCCCCCCCCCC)[n+]1cc[nH]c1. The molecule has 0 aliphatic carbocycles. The summed E-state index contributed by atoms with van der Waals surface area (Å²) in [7, 11) is 0. The molecule has 0 aliphatic rings. The van der Waals surface area contributed by atoms with Gasteiger partial charge < -0.3 is 0 Å². The van der Waals surface area contributed by atoms with Crippen LogP contribution in [0.4, 0.5) is 0 Å². The van der Waals surface area contributed by atoms with Crippen LogP contribution in [0.3, 0.4) is 0 Å². The monoisotopic (exact) mass is 650 g/mol. The first-order chi connectivity index (χ1) is 23.3. The van der Waals surface area contributed by atoms with Gasteiger partial charge in [0.05, 0.1) is 0 Å². The number of nitrogens with one attached hydrogen (secondary N) is 1. The summed E-state index contributed by atoms with van der Waals surface area (Å²) in [4.78, 5) is 3.36. The van der Waals surface area contributed by atoms with Crippen LogP contribution < -0.4 is 4.57 Å². The van der Waals surface area contributed by atoms with E-state index in [0.29, 0.717) is 12.0 Å². The molecule has 2 rings (SSSR count). The summed E-state index contributed by atoms with van der Waals surface area (Å²) in [6, 6.07) is 11.9. The highest BCUT2D eigenvalue weighted by Crippen LogP contribution is 2.29. The Hall–Kier alpha value is -1.57. The maximum atomic E-state index is 3.36. The summed E-state index contributed by atoms with van der Waals surface area (Å²) >= 11 is 0. The third kappa shape index (κ3) is 23.4. The van der Waals surface area contributed by atoms with Gasteiger partial charge in [0.2, 0.25) is 6.33 Å². The van der Waals surface area contributed by atoms with Crippen molar-refractivity contribution in [3.05, 3.63) is 54.6 Å². The van der Waals surface area contributed by atoms with E-state index in [0.717, 1.165) is 0 Å². The molecule has 0 spiro atoms. The molecule has 0 saturated heterocycles. The topological polar surface area (TPSA) is 19.7 Å². The minimum atomic E-state index is 0.602. The molecule has 0 saturated carbocycles. The molecule has 1 aromatic carbocycles. The lowest BCUT2D eigenvalue weighted by molar-refractivity contribution is -0.730. The van der Waals surface area contributed by atoms with Crippen LogP contribution in [0.2, 0.25) is 0 Å². The number of hydrogen-bond donors (Lipinski definition) is 1. The molecular weight excluding hydrogens is 569 g/mol. The van der Waals surface area contributed by atoms with Gasteiger partial charge in [0.25, 0.3) is 0 Å². The molecule has 2 unspecified atom stereocenters. The number of nitrogens with zero attached hydrogens (tertiary/aromatic N) is 1. The fraction of sp³-hybridized carbons (Fsp3) is 0.800. The van der Waals surface area contributed by atoms with Gasteiger partial charge in [-0.1, -0.05) is 224 Å². The van der Waals surface area contributed by atoms with E-state index >= 15 is 0 Å². The average molecular weight is 650 g/mol. The molecule has 0 bridgehead atoms. The van der Waals surface area contributed by atoms with Gasteiger partial charge in [-0.05, 0) is 31.2 Å². The van der Waals surface area contributed by atoms with E-state index in [2.05, 4.69) is 72.5 Å². The quantitative estimate of drug-likeness (QED) is 0.0566. The van der Waals surface area contributed by atoms with Crippen molar-refractivity contribution in [3.63, 3.8) is 0 Å². The van der Waals surface area contributed by atoms with Crippen molar-refractivity contribution in [2.45, 2.75) is 225 Å². The van der Waals surface area contributed by atoms with E-state index in [1.165, 1.54) is 211 Å². The normalized spacial score (nSPS) is 12.9. The van der Waals surface area contributed by atoms with Crippen LogP contribution in [0, 0.1) is 5.92 Å². The molecule has 2 heteroatoms. The van der Waals surface area contributed by atoms with Crippen molar-refractivity contribution in [1.82, 2.24) is 4.98 Å². The molecule has 270 valence electrons. The van der Waals surface area contributed by atoms with Gasteiger partial charge in [-0.25, -0.2) is 4.57 Å². The molecule has 0 amide bonds. The lowest BCUT2D eigenvalue weighted by Crippen LogP contribution is -2.42. The molecule has 1 heterocycles. The lowest BCUT2D eigenvalue weighted by Gasteiger charge is -2.25. The fourth-order valence-corrected chi connectivity index (χ4v) is 7.81.